The second kappa shape index (κ2) is 9.10. The number of benzene rings is 3. The number of hydrogen-bond acceptors (Lipinski definition) is 7. The van der Waals surface area contributed by atoms with Crippen molar-refractivity contribution in [1.82, 2.24) is 0 Å². The molecule has 2 atom stereocenters. The first-order valence-corrected chi connectivity index (χ1v) is 11.3. The predicted molar refractivity (Wildman–Crippen MR) is 132 cm³/mol. The van der Waals surface area contributed by atoms with E-state index in [9.17, 15) is 9.59 Å². The summed E-state index contributed by atoms with van der Waals surface area (Å²) in [7, 11) is 1.58. The highest BCUT2D eigenvalue weighted by atomic mass is 16.5. The fraction of sp³-hybridized carbons (Fsp3) is 0.179. The van der Waals surface area contributed by atoms with Gasteiger partial charge < -0.3 is 14.2 Å². The third-order valence-corrected chi connectivity index (χ3v) is 6.15. The number of hydrogen-bond donors (Lipinski definition) is 0. The van der Waals surface area contributed by atoms with Gasteiger partial charge in [-0.25, -0.2) is 14.6 Å². The van der Waals surface area contributed by atoms with Crippen molar-refractivity contribution in [3.05, 3.63) is 102 Å². The van der Waals surface area contributed by atoms with Crippen molar-refractivity contribution >= 4 is 29.1 Å². The predicted octanol–water partition coefficient (Wildman–Crippen LogP) is 4.55. The highest BCUT2D eigenvalue weighted by Crippen LogP contribution is 2.49. The third-order valence-electron chi connectivity index (χ3n) is 6.15. The van der Waals surface area contributed by atoms with Gasteiger partial charge in [0.25, 0.3) is 0 Å². The minimum absolute atomic E-state index is 0.136. The minimum Gasteiger partial charge on any atom is -0.497 e. The number of esters is 2. The molecule has 1 spiro atoms. The molecule has 0 aromatic heterocycles. The molecular formula is C28H24N2O5. The van der Waals surface area contributed by atoms with Gasteiger partial charge >= 0.3 is 11.9 Å². The smallest absolute Gasteiger partial charge is 0.355 e. The maximum Gasteiger partial charge on any atom is 0.355 e. The molecule has 3 aromatic carbocycles. The second-order valence-corrected chi connectivity index (χ2v) is 8.15. The van der Waals surface area contributed by atoms with Crippen molar-refractivity contribution in [2.24, 2.45) is 5.10 Å². The van der Waals surface area contributed by atoms with Crippen LogP contribution in [-0.2, 0) is 19.1 Å². The molecule has 0 bridgehead atoms. The summed E-state index contributed by atoms with van der Waals surface area (Å²) in [5.74, 6) is -0.783. The Labute approximate surface area is 203 Å². The van der Waals surface area contributed by atoms with Crippen molar-refractivity contribution in [3.63, 3.8) is 0 Å². The molecule has 176 valence electrons. The average molecular weight is 469 g/mol. The number of hydrazone groups is 1. The van der Waals surface area contributed by atoms with E-state index in [1.165, 1.54) is 0 Å². The summed E-state index contributed by atoms with van der Waals surface area (Å²) < 4.78 is 16.5. The van der Waals surface area contributed by atoms with Crippen LogP contribution in [0.5, 0.6) is 5.75 Å². The van der Waals surface area contributed by atoms with Crippen LogP contribution in [-0.4, -0.2) is 36.9 Å². The summed E-state index contributed by atoms with van der Waals surface area (Å²) in [6, 6.07) is 25.9. The van der Waals surface area contributed by atoms with E-state index >= 15 is 0 Å². The van der Waals surface area contributed by atoms with Crippen LogP contribution in [0.2, 0.25) is 0 Å². The summed E-state index contributed by atoms with van der Waals surface area (Å²) in [5.41, 5.74) is 0.815. The Bertz CT molecular complexity index is 1300. The van der Waals surface area contributed by atoms with Gasteiger partial charge in [-0.2, -0.15) is 5.10 Å². The summed E-state index contributed by atoms with van der Waals surface area (Å²) in [6.07, 6.45) is 1.77. The standard InChI is InChI=1S/C28H24N2O5/c1-3-34-26(31)25-24(20-12-8-5-9-13-20)28(30(29-25)21-14-16-22(33-2)17-15-21)18-23(35-27(28)32)19-10-6-4-7-11-19/h4-18,24H,3H2,1-2H3/t24-,28-/m1/s1. The fourth-order valence-corrected chi connectivity index (χ4v) is 4.56. The maximum atomic E-state index is 13.8. The molecule has 2 aliphatic heterocycles. The quantitative estimate of drug-likeness (QED) is 0.494. The molecule has 0 saturated carbocycles. The van der Waals surface area contributed by atoms with Gasteiger partial charge in [0.2, 0.25) is 0 Å². The molecule has 3 aromatic rings. The Morgan fingerprint density at radius 2 is 1.66 bits per heavy atom. The Morgan fingerprint density at radius 3 is 2.29 bits per heavy atom. The lowest BCUT2D eigenvalue weighted by Crippen LogP contribution is -2.51. The minimum atomic E-state index is -1.43. The molecule has 0 N–H and O–H groups in total. The van der Waals surface area contributed by atoms with Gasteiger partial charge in [-0.05, 0) is 42.8 Å². The molecule has 0 amide bonds. The van der Waals surface area contributed by atoms with E-state index in [0.29, 0.717) is 17.2 Å². The summed E-state index contributed by atoms with van der Waals surface area (Å²) >= 11 is 0. The number of rotatable bonds is 6. The van der Waals surface area contributed by atoms with Gasteiger partial charge in [0.1, 0.15) is 11.5 Å². The number of carbonyl (C=O) groups is 2. The van der Waals surface area contributed by atoms with Crippen LogP contribution in [0.3, 0.4) is 0 Å². The first-order valence-electron chi connectivity index (χ1n) is 11.3. The Hall–Kier alpha value is -4.39. The monoisotopic (exact) mass is 468 g/mol. The lowest BCUT2D eigenvalue weighted by molar-refractivity contribution is -0.139. The van der Waals surface area contributed by atoms with Gasteiger partial charge in [0, 0.05) is 5.56 Å². The highest BCUT2D eigenvalue weighted by molar-refractivity contribution is 6.41. The Balaban J connectivity index is 1.74. The molecule has 0 aliphatic carbocycles. The van der Waals surface area contributed by atoms with Crippen LogP contribution >= 0.6 is 0 Å². The number of anilines is 1. The number of methoxy groups -OCH3 is 1. The molecule has 5 rings (SSSR count). The number of nitrogens with zero attached hydrogens (tertiary/aromatic N) is 2. The topological polar surface area (TPSA) is 77.4 Å². The maximum absolute atomic E-state index is 13.8. The molecule has 0 radical (unpaired) electrons. The zero-order chi connectivity index (χ0) is 24.4. The van der Waals surface area contributed by atoms with Crippen LogP contribution in [0.25, 0.3) is 5.76 Å². The number of cyclic esters (lactones) is 1. The molecule has 35 heavy (non-hydrogen) atoms. The van der Waals surface area contributed by atoms with Crippen LogP contribution < -0.4 is 9.75 Å². The summed E-state index contributed by atoms with van der Waals surface area (Å²) in [5, 5.41) is 6.26. The van der Waals surface area contributed by atoms with Crippen LogP contribution in [0.1, 0.15) is 24.0 Å². The fourth-order valence-electron chi connectivity index (χ4n) is 4.56. The average Bonchev–Trinajstić information content (AvgIpc) is 3.43. The van der Waals surface area contributed by atoms with E-state index in [4.69, 9.17) is 19.3 Å². The number of carbonyl (C=O) groups excluding carboxylic acids is 2. The number of ether oxygens (including phenoxy) is 3. The zero-order valence-electron chi connectivity index (χ0n) is 19.4. The lowest BCUT2D eigenvalue weighted by atomic mass is 9.76. The first-order chi connectivity index (χ1) is 17.1. The van der Waals surface area contributed by atoms with Crippen molar-refractivity contribution in [1.29, 1.82) is 0 Å². The van der Waals surface area contributed by atoms with E-state index in [1.54, 1.807) is 49.4 Å². The van der Waals surface area contributed by atoms with Crippen molar-refractivity contribution in [2.75, 3.05) is 18.7 Å². The van der Waals surface area contributed by atoms with Gasteiger partial charge in [-0.15, -0.1) is 0 Å². The van der Waals surface area contributed by atoms with Gasteiger partial charge in [0.15, 0.2) is 11.3 Å². The van der Waals surface area contributed by atoms with E-state index in [0.717, 1.165) is 11.1 Å². The lowest BCUT2D eigenvalue weighted by Gasteiger charge is -2.34. The molecule has 0 saturated heterocycles. The van der Waals surface area contributed by atoms with Gasteiger partial charge in [0.05, 0.1) is 25.3 Å². The molecule has 7 nitrogen and oxygen atoms in total. The zero-order valence-corrected chi connectivity index (χ0v) is 19.4. The highest BCUT2D eigenvalue weighted by Gasteiger charge is 2.62. The summed E-state index contributed by atoms with van der Waals surface area (Å²) in [4.78, 5) is 27.0. The van der Waals surface area contributed by atoms with Crippen molar-refractivity contribution in [2.45, 2.75) is 18.4 Å². The molecular weight excluding hydrogens is 444 g/mol. The van der Waals surface area contributed by atoms with Crippen LogP contribution in [0.4, 0.5) is 5.69 Å². The SMILES string of the molecule is CCOC(=O)C1=NN(c2ccc(OC)cc2)[C@]2(C=C(c3ccccc3)OC2=O)[C@@H]1c1ccccc1. The Kier molecular flexibility index (Phi) is 5.82. The summed E-state index contributed by atoms with van der Waals surface area (Å²) in [6.45, 7) is 1.92. The van der Waals surface area contributed by atoms with Crippen LogP contribution in [0, 0.1) is 0 Å². The molecule has 2 aliphatic rings. The van der Waals surface area contributed by atoms with E-state index in [2.05, 4.69) is 0 Å². The van der Waals surface area contributed by atoms with Crippen LogP contribution in [0.15, 0.2) is 96.1 Å². The second-order valence-electron chi connectivity index (χ2n) is 8.15. The third kappa shape index (κ3) is 3.75. The van der Waals surface area contributed by atoms with E-state index < -0.39 is 23.4 Å². The molecule has 0 fully saturated rings. The molecule has 7 heteroatoms. The molecule has 0 unspecified atom stereocenters. The van der Waals surface area contributed by atoms with Gasteiger partial charge in [-0.3, -0.25) is 0 Å². The van der Waals surface area contributed by atoms with E-state index in [-0.39, 0.29) is 12.3 Å². The van der Waals surface area contributed by atoms with E-state index in [1.807, 2.05) is 60.7 Å². The van der Waals surface area contributed by atoms with Gasteiger partial charge in [-0.1, -0.05) is 60.7 Å². The van der Waals surface area contributed by atoms with Crippen molar-refractivity contribution in [3.8, 4) is 5.75 Å². The van der Waals surface area contributed by atoms with Crippen molar-refractivity contribution < 1.29 is 23.8 Å². The largest absolute Gasteiger partial charge is 0.497 e. The first kappa shape index (κ1) is 22.4. The molecule has 2 heterocycles. The Morgan fingerprint density at radius 1 is 1.00 bits per heavy atom. The normalized spacial score (nSPS) is 20.9.